The van der Waals surface area contributed by atoms with E-state index in [0.717, 1.165) is 11.0 Å². The van der Waals surface area contributed by atoms with Gasteiger partial charge in [0.2, 0.25) is 10.0 Å². The molecule has 0 amide bonds. The Labute approximate surface area is 124 Å². The molecule has 1 aromatic heterocycles. The normalized spacial score (nSPS) is 13.6. The van der Waals surface area contributed by atoms with Crippen molar-refractivity contribution < 1.29 is 17.9 Å². The first-order chi connectivity index (χ1) is 10.1. The fourth-order valence-electron chi connectivity index (χ4n) is 1.75. The SMILES string of the molecule is O=S(=O)(/C=C/c1ccccc1)NCCC(O)c1ccoc1. The third kappa shape index (κ3) is 5.18. The first kappa shape index (κ1) is 15.5. The van der Waals surface area contributed by atoms with Crippen molar-refractivity contribution in [3.8, 4) is 0 Å². The number of aliphatic hydroxyl groups is 1. The van der Waals surface area contributed by atoms with Crippen LogP contribution in [0, 0.1) is 0 Å². The molecule has 0 aliphatic carbocycles. The molecule has 5 nitrogen and oxygen atoms in total. The third-order valence-corrected chi connectivity index (χ3v) is 3.99. The average molecular weight is 307 g/mol. The minimum Gasteiger partial charge on any atom is -0.472 e. The predicted octanol–water partition coefficient (Wildman–Crippen LogP) is 2.29. The van der Waals surface area contributed by atoms with Crippen molar-refractivity contribution in [1.29, 1.82) is 0 Å². The maximum absolute atomic E-state index is 11.8. The zero-order valence-corrected chi connectivity index (χ0v) is 12.2. The number of hydrogen-bond acceptors (Lipinski definition) is 4. The molecule has 112 valence electrons. The molecule has 2 rings (SSSR count). The fourth-order valence-corrected chi connectivity index (χ4v) is 2.58. The van der Waals surface area contributed by atoms with Gasteiger partial charge >= 0.3 is 0 Å². The van der Waals surface area contributed by atoms with Gasteiger partial charge in [0.1, 0.15) is 0 Å². The highest BCUT2D eigenvalue weighted by molar-refractivity contribution is 7.92. The van der Waals surface area contributed by atoms with Crippen molar-refractivity contribution in [2.24, 2.45) is 0 Å². The monoisotopic (exact) mass is 307 g/mol. The van der Waals surface area contributed by atoms with E-state index in [1.165, 1.54) is 18.6 Å². The number of rotatable bonds is 7. The van der Waals surface area contributed by atoms with E-state index in [4.69, 9.17) is 4.42 Å². The molecule has 0 bridgehead atoms. The summed E-state index contributed by atoms with van der Waals surface area (Å²) in [7, 11) is -3.51. The van der Waals surface area contributed by atoms with Crippen molar-refractivity contribution in [2.75, 3.05) is 6.54 Å². The first-order valence-electron chi connectivity index (χ1n) is 6.50. The van der Waals surface area contributed by atoms with Crippen molar-refractivity contribution in [3.63, 3.8) is 0 Å². The zero-order chi connectivity index (χ0) is 15.1. The van der Waals surface area contributed by atoms with E-state index in [-0.39, 0.29) is 13.0 Å². The van der Waals surface area contributed by atoms with Crippen LogP contribution in [-0.4, -0.2) is 20.1 Å². The van der Waals surface area contributed by atoms with Crippen LogP contribution in [0.4, 0.5) is 0 Å². The lowest BCUT2D eigenvalue weighted by molar-refractivity contribution is 0.168. The van der Waals surface area contributed by atoms with Crippen molar-refractivity contribution >= 4 is 16.1 Å². The Morgan fingerprint density at radius 2 is 2.00 bits per heavy atom. The maximum atomic E-state index is 11.8. The van der Waals surface area contributed by atoms with Gasteiger partial charge < -0.3 is 9.52 Å². The van der Waals surface area contributed by atoms with E-state index in [9.17, 15) is 13.5 Å². The molecule has 0 spiro atoms. The van der Waals surface area contributed by atoms with Crippen LogP contribution in [0.2, 0.25) is 0 Å². The summed E-state index contributed by atoms with van der Waals surface area (Å²) in [5, 5.41) is 10.9. The van der Waals surface area contributed by atoms with Crippen LogP contribution in [0.3, 0.4) is 0 Å². The number of benzene rings is 1. The van der Waals surface area contributed by atoms with Gasteiger partial charge in [0.05, 0.1) is 18.6 Å². The molecule has 0 fully saturated rings. The molecule has 1 unspecified atom stereocenters. The van der Waals surface area contributed by atoms with Gasteiger partial charge in [-0.15, -0.1) is 0 Å². The van der Waals surface area contributed by atoms with Crippen LogP contribution in [0.25, 0.3) is 6.08 Å². The molecule has 2 N–H and O–H groups in total. The van der Waals surface area contributed by atoms with Gasteiger partial charge in [-0.25, -0.2) is 13.1 Å². The number of sulfonamides is 1. The van der Waals surface area contributed by atoms with Gasteiger partial charge in [-0.3, -0.25) is 0 Å². The Morgan fingerprint density at radius 1 is 1.24 bits per heavy atom. The molecular weight excluding hydrogens is 290 g/mol. The van der Waals surface area contributed by atoms with Crippen LogP contribution in [0.1, 0.15) is 23.7 Å². The van der Waals surface area contributed by atoms with Crippen LogP contribution in [0.5, 0.6) is 0 Å². The van der Waals surface area contributed by atoms with E-state index in [1.54, 1.807) is 6.07 Å². The summed E-state index contributed by atoms with van der Waals surface area (Å²) in [6.45, 7) is 0.147. The molecule has 0 aliphatic rings. The maximum Gasteiger partial charge on any atom is 0.233 e. The van der Waals surface area contributed by atoms with Gasteiger partial charge in [0.25, 0.3) is 0 Å². The Bertz CT molecular complexity index is 663. The molecule has 1 heterocycles. The Balaban J connectivity index is 1.83. The number of aliphatic hydroxyl groups excluding tert-OH is 1. The molecule has 1 atom stereocenters. The number of hydrogen-bond donors (Lipinski definition) is 2. The first-order valence-corrected chi connectivity index (χ1v) is 8.04. The molecule has 6 heteroatoms. The highest BCUT2D eigenvalue weighted by Gasteiger charge is 2.10. The molecule has 0 saturated carbocycles. The lowest BCUT2D eigenvalue weighted by Crippen LogP contribution is -2.23. The zero-order valence-electron chi connectivity index (χ0n) is 11.3. The third-order valence-electron chi connectivity index (χ3n) is 2.89. The molecule has 0 aliphatic heterocycles. The van der Waals surface area contributed by atoms with E-state index < -0.39 is 16.1 Å². The average Bonchev–Trinajstić information content (AvgIpc) is 3.00. The minimum atomic E-state index is -3.51. The van der Waals surface area contributed by atoms with E-state index in [0.29, 0.717) is 5.56 Å². The van der Waals surface area contributed by atoms with Crippen LogP contribution in [0.15, 0.2) is 58.7 Å². The summed E-state index contributed by atoms with van der Waals surface area (Å²) in [6.07, 6.45) is 3.96. The van der Waals surface area contributed by atoms with Crippen LogP contribution < -0.4 is 4.72 Å². The Hall–Kier alpha value is -1.89. The minimum absolute atomic E-state index is 0.147. The van der Waals surface area contributed by atoms with E-state index >= 15 is 0 Å². The lowest BCUT2D eigenvalue weighted by atomic mass is 10.1. The summed E-state index contributed by atoms with van der Waals surface area (Å²) in [4.78, 5) is 0. The van der Waals surface area contributed by atoms with E-state index in [2.05, 4.69) is 4.72 Å². The highest BCUT2D eigenvalue weighted by Crippen LogP contribution is 2.16. The number of furan rings is 1. The van der Waals surface area contributed by atoms with Gasteiger partial charge in [-0.2, -0.15) is 0 Å². The van der Waals surface area contributed by atoms with E-state index in [1.807, 2.05) is 30.3 Å². The second kappa shape index (κ2) is 7.21. The van der Waals surface area contributed by atoms with Crippen LogP contribution >= 0.6 is 0 Å². The van der Waals surface area contributed by atoms with Crippen molar-refractivity contribution in [2.45, 2.75) is 12.5 Å². The quantitative estimate of drug-likeness (QED) is 0.822. The summed E-state index contributed by atoms with van der Waals surface area (Å²) >= 11 is 0. The number of nitrogens with one attached hydrogen (secondary N) is 1. The molecular formula is C15H17NO4S. The van der Waals surface area contributed by atoms with Crippen molar-refractivity contribution in [3.05, 3.63) is 65.5 Å². The summed E-state index contributed by atoms with van der Waals surface area (Å²) < 4.78 is 30.8. The molecule has 1 aromatic carbocycles. The largest absolute Gasteiger partial charge is 0.472 e. The second-order valence-corrected chi connectivity index (χ2v) is 6.16. The summed E-state index contributed by atoms with van der Waals surface area (Å²) in [5.41, 5.74) is 1.44. The lowest BCUT2D eigenvalue weighted by Gasteiger charge is -2.08. The molecule has 0 saturated heterocycles. The molecule has 21 heavy (non-hydrogen) atoms. The standard InChI is InChI=1S/C15H17NO4S/c17-15(14-7-10-20-12-14)6-9-16-21(18,19)11-8-13-4-2-1-3-5-13/h1-5,7-8,10-12,15-17H,6,9H2/b11-8+. The van der Waals surface area contributed by atoms with Crippen LogP contribution in [-0.2, 0) is 10.0 Å². The molecule has 2 aromatic rings. The van der Waals surface area contributed by atoms with Gasteiger partial charge in [-0.05, 0) is 24.1 Å². The highest BCUT2D eigenvalue weighted by atomic mass is 32.2. The second-order valence-electron chi connectivity index (χ2n) is 4.51. The predicted molar refractivity (Wildman–Crippen MR) is 80.7 cm³/mol. The van der Waals surface area contributed by atoms with Gasteiger partial charge in [-0.1, -0.05) is 30.3 Å². The molecule has 0 radical (unpaired) electrons. The smallest absolute Gasteiger partial charge is 0.233 e. The Morgan fingerprint density at radius 3 is 2.67 bits per heavy atom. The Kier molecular flexibility index (Phi) is 5.32. The van der Waals surface area contributed by atoms with Gasteiger partial charge in [0, 0.05) is 17.5 Å². The topological polar surface area (TPSA) is 79.5 Å². The van der Waals surface area contributed by atoms with Crippen molar-refractivity contribution in [1.82, 2.24) is 4.72 Å². The van der Waals surface area contributed by atoms with Gasteiger partial charge in [0.15, 0.2) is 0 Å². The summed E-state index contributed by atoms with van der Waals surface area (Å²) in [5.74, 6) is 0. The fraction of sp³-hybridized carbons (Fsp3) is 0.200. The summed E-state index contributed by atoms with van der Waals surface area (Å²) in [6, 6.07) is 10.8.